The molecule has 1 N–H and O–H groups in total. The first-order valence-electron chi connectivity index (χ1n) is 10.3. The van der Waals surface area contributed by atoms with E-state index < -0.39 is 10.0 Å². The lowest BCUT2D eigenvalue weighted by atomic mass is 10.2. The van der Waals surface area contributed by atoms with Crippen molar-refractivity contribution in [1.82, 2.24) is 19.2 Å². The molecule has 1 saturated heterocycles. The topological polar surface area (TPSA) is 93.5 Å². The molecule has 2 heterocycles. The number of nitrogens with zero attached hydrogens (tertiary/aromatic N) is 3. The van der Waals surface area contributed by atoms with E-state index in [-0.39, 0.29) is 10.8 Å². The Morgan fingerprint density at radius 2 is 1.84 bits per heavy atom. The maximum Gasteiger partial charge on any atom is 0.251 e. The van der Waals surface area contributed by atoms with Crippen LogP contribution in [0.3, 0.4) is 0 Å². The lowest BCUT2D eigenvalue weighted by Gasteiger charge is -2.15. The van der Waals surface area contributed by atoms with Gasteiger partial charge in [-0.3, -0.25) is 4.79 Å². The summed E-state index contributed by atoms with van der Waals surface area (Å²) in [5.74, 6) is 1.36. The smallest absolute Gasteiger partial charge is 0.251 e. The average Bonchev–Trinajstić information content (AvgIpc) is 3.43. The molecule has 9 heteroatoms. The first-order valence-corrected chi connectivity index (χ1v) is 11.7. The summed E-state index contributed by atoms with van der Waals surface area (Å²) in [6, 6.07) is 11.8. The summed E-state index contributed by atoms with van der Waals surface area (Å²) < 4.78 is 33.9. The molecule has 0 spiro atoms. The average molecular weight is 443 g/mol. The number of hydrogen-bond donors (Lipinski definition) is 1. The molecular weight excluding hydrogens is 416 g/mol. The number of aromatic nitrogens is 2. The van der Waals surface area contributed by atoms with Crippen molar-refractivity contribution >= 4 is 27.0 Å². The van der Waals surface area contributed by atoms with E-state index in [1.165, 1.54) is 16.4 Å². The molecule has 1 aromatic heterocycles. The van der Waals surface area contributed by atoms with E-state index in [1.54, 1.807) is 19.2 Å². The Morgan fingerprint density at radius 3 is 2.52 bits per heavy atom. The Kier molecular flexibility index (Phi) is 5.97. The van der Waals surface area contributed by atoms with E-state index >= 15 is 0 Å². The predicted octanol–water partition coefficient (Wildman–Crippen LogP) is 2.34. The number of ether oxygens (including phenoxy) is 1. The third-order valence-electron chi connectivity index (χ3n) is 5.63. The second-order valence-electron chi connectivity index (χ2n) is 7.58. The van der Waals surface area contributed by atoms with Crippen LogP contribution >= 0.6 is 0 Å². The van der Waals surface area contributed by atoms with Gasteiger partial charge in [-0.05, 0) is 49.2 Å². The highest BCUT2D eigenvalue weighted by Gasteiger charge is 2.27. The summed E-state index contributed by atoms with van der Waals surface area (Å²) in [7, 11) is 0.0878. The maximum atomic E-state index is 12.6. The van der Waals surface area contributed by atoms with Gasteiger partial charge in [-0.25, -0.2) is 13.4 Å². The van der Waals surface area contributed by atoms with Crippen molar-refractivity contribution in [2.24, 2.45) is 7.05 Å². The van der Waals surface area contributed by atoms with Crippen molar-refractivity contribution in [3.63, 3.8) is 0 Å². The molecule has 2 aromatic carbocycles. The second-order valence-corrected chi connectivity index (χ2v) is 9.52. The molecule has 1 aliphatic heterocycles. The summed E-state index contributed by atoms with van der Waals surface area (Å²) in [6.07, 6.45) is 2.35. The van der Waals surface area contributed by atoms with Gasteiger partial charge in [0.1, 0.15) is 11.6 Å². The minimum atomic E-state index is -3.48. The van der Waals surface area contributed by atoms with Crippen molar-refractivity contribution in [3.05, 3.63) is 53.9 Å². The predicted molar refractivity (Wildman–Crippen MR) is 118 cm³/mol. The first-order chi connectivity index (χ1) is 14.9. The normalized spacial score (nSPS) is 14.8. The molecular formula is C22H26N4O4S. The number of carbonyl (C=O) groups excluding carboxylic acids is 1. The summed E-state index contributed by atoms with van der Waals surface area (Å²) in [5.41, 5.74) is 2.27. The van der Waals surface area contributed by atoms with Crippen LogP contribution in [0.15, 0.2) is 47.4 Å². The molecule has 31 heavy (non-hydrogen) atoms. The Balaban J connectivity index is 1.38. The van der Waals surface area contributed by atoms with Gasteiger partial charge < -0.3 is 14.6 Å². The number of imidazole rings is 1. The Hall–Kier alpha value is -2.91. The van der Waals surface area contributed by atoms with E-state index in [2.05, 4.69) is 10.3 Å². The number of carbonyl (C=O) groups is 1. The van der Waals surface area contributed by atoms with Crippen molar-refractivity contribution in [1.29, 1.82) is 0 Å². The minimum absolute atomic E-state index is 0.223. The molecule has 0 unspecified atom stereocenters. The van der Waals surface area contributed by atoms with Crippen LogP contribution in [0, 0.1) is 0 Å². The summed E-state index contributed by atoms with van der Waals surface area (Å²) >= 11 is 0. The van der Waals surface area contributed by atoms with E-state index in [0.717, 1.165) is 35.4 Å². The molecule has 1 fully saturated rings. The fourth-order valence-corrected chi connectivity index (χ4v) is 5.34. The molecule has 0 bridgehead atoms. The summed E-state index contributed by atoms with van der Waals surface area (Å²) in [6.45, 7) is 1.53. The Morgan fingerprint density at radius 1 is 1.13 bits per heavy atom. The number of benzene rings is 2. The van der Waals surface area contributed by atoms with Gasteiger partial charge in [0.2, 0.25) is 10.0 Å². The van der Waals surface area contributed by atoms with E-state index in [9.17, 15) is 13.2 Å². The number of methoxy groups -OCH3 is 1. The SMILES string of the molecule is COc1ccc2c(c1)nc(CCNC(=O)c1ccc(S(=O)(=O)N3CCCC3)cc1)n2C. The van der Waals surface area contributed by atoms with Crippen LogP contribution < -0.4 is 10.1 Å². The van der Waals surface area contributed by atoms with E-state index in [1.807, 2.05) is 29.8 Å². The maximum absolute atomic E-state index is 12.6. The van der Waals surface area contributed by atoms with Gasteiger partial charge in [-0.2, -0.15) is 4.31 Å². The molecule has 8 nitrogen and oxygen atoms in total. The van der Waals surface area contributed by atoms with Gasteiger partial charge in [0.25, 0.3) is 5.91 Å². The van der Waals surface area contributed by atoms with Gasteiger partial charge in [-0.15, -0.1) is 0 Å². The number of rotatable bonds is 7. The molecule has 164 valence electrons. The van der Waals surface area contributed by atoms with Crippen LogP contribution in [0.5, 0.6) is 5.75 Å². The van der Waals surface area contributed by atoms with Crippen LogP contribution in [0.4, 0.5) is 0 Å². The Labute approximate surface area is 181 Å². The molecule has 1 amide bonds. The molecule has 0 radical (unpaired) electrons. The zero-order valence-electron chi connectivity index (χ0n) is 17.7. The van der Waals surface area contributed by atoms with E-state index in [4.69, 9.17) is 4.74 Å². The van der Waals surface area contributed by atoms with Crippen molar-refractivity contribution in [2.75, 3.05) is 26.7 Å². The third-order valence-corrected chi connectivity index (χ3v) is 7.55. The molecule has 0 aliphatic carbocycles. The summed E-state index contributed by atoms with van der Waals surface area (Å²) in [5, 5.41) is 2.88. The fraction of sp³-hybridized carbons (Fsp3) is 0.364. The third kappa shape index (κ3) is 4.28. The minimum Gasteiger partial charge on any atom is -0.497 e. The van der Waals surface area contributed by atoms with Crippen LogP contribution in [0.1, 0.15) is 29.0 Å². The molecule has 0 saturated carbocycles. The highest BCUT2D eigenvalue weighted by atomic mass is 32.2. The molecule has 0 atom stereocenters. The van der Waals surface area contributed by atoms with Crippen LogP contribution in [0.2, 0.25) is 0 Å². The van der Waals surface area contributed by atoms with Gasteiger partial charge in [0, 0.05) is 44.7 Å². The number of aryl methyl sites for hydroxylation is 1. The lowest BCUT2D eigenvalue weighted by Crippen LogP contribution is -2.28. The largest absolute Gasteiger partial charge is 0.497 e. The van der Waals surface area contributed by atoms with Gasteiger partial charge in [0.05, 0.1) is 23.0 Å². The van der Waals surface area contributed by atoms with E-state index in [0.29, 0.717) is 31.6 Å². The number of amides is 1. The standard InChI is InChI=1S/C22H26N4O4S/c1-25-20-10-7-17(30-2)15-19(20)24-21(25)11-12-23-22(27)16-5-8-18(9-6-16)31(28,29)26-13-3-4-14-26/h5-10,15H,3-4,11-14H2,1-2H3,(H,23,27). The zero-order chi connectivity index (χ0) is 22.0. The molecule has 1 aliphatic rings. The van der Waals surface area contributed by atoms with Crippen molar-refractivity contribution in [3.8, 4) is 5.75 Å². The Bertz CT molecular complexity index is 1200. The van der Waals surface area contributed by atoms with Crippen molar-refractivity contribution in [2.45, 2.75) is 24.2 Å². The van der Waals surface area contributed by atoms with Crippen LogP contribution in [-0.4, -0.2) is 54.9 Å². The molecule has 4 rings (SSSR count). The van der Waals surface area contributed by atoms with Gasteiger partial charge in [0.15, 0.2) is 0 Å². The van der Waals surface area contributed by atoms with Crippen molar-refractivity contribution < 1.29 is 17.9 Å². The number of sulfonamides is 1. The first kappa shape index (κ1) is 21.3. The lowest BCUT2D eigenvalue weighted by molar-refractivity contribution is 0.0954. The number of nitrogens with one attached hydrogen (secondary N) is 1. The van der Waals surface area contributed by atoms with Crippen LogP contribution in [-0.2, 0) is 23.5 Å². The monoisotopic (exact) mass is 442 g/mol. The van der Waals surface area contributed by atoms with Gasteiger partial charge >= 0.3 is 0 Å². The summed E-state index contributed by atoms with van der Waals surface area (Å²) in [4.78, 5) is 17.3. The number of fused-ring (bicyclic) bond motifs is 1. The molecule has 3 aromatic rings. The highest BCUT2D eigenvalue weighted by molar-refractivity contribution is 7.89. The quantitative estimate of drug-likeness (QED) is 0.606. The van der Waals surface area contributed by atoms with Crippen LogP contribution in [0.25, 0.3) is 11.0 Å². The fourth-order valence-electron chi connectivity index (χ4n) is 3.83. The zero-order valence-corrected chi connectivity index (χ0v) is 18.5. The van der Waals surface area contributed by atoms with Gasteiger partial charge in [-0.1, -0.05) is 0 Å². The second kappa shape index (κ2) is 8.68. The number of hydrogen-bond acceptors (Lipinski definition) is 5. The highest BCUT2D eigenvalue weighted by Crippen LogP contribution is 2.22.